The summed E-state index contributed by atoms with van der Waals surface area (Å²) in [5.41, 5.74) is -1.32. The van der Waals surface area contributed by atoms with E-state index in [1.807, 2.05) is 0 Å². The molecule has 15 heavy (non-hydrogen) atoms. The van der Waals surface area contributed by atoms with Crippen molar-refractivity contribution >= 4 is 0 Å². The Kier molecular flexibility index (Phi) is 3.63. The number of ether oxygens (including phenoxy) is 1. The zero-order valence-corrected chi connectivity index (χ0v) is 8.71. The highest BCUT2D eigenvalue weighted by Gasteiger charge is 2.32. The lowest BCUT2D eigenvalue weighted by molar-refractivity contribution is -0.0821. The van der Waals surface area contributed by atoms with Crippen molar-refractivity contribution in [1.29, 1.82) is 0 Å². The lowest BCUT2D eigenvalue weighted by Gasteiger charge is -2.22. The Labute approximate surface area is 87.5 Å². The molecule has 1 rings (SSSR count). The van der Waals surface area contributed by atoms with Crippen LogP contribution < -0.4 is 4.74 Å². The topological polar surface area (TPSA) is 29.5 Å². The molecule has 0 aliphatic rings. The van der Waals surface area contributed by atoms with Crippen LogP contribution in [0.3, 0.4) is 0 Å². The van der Waals surface area contributed by atoms with Crippen molar-refractivity contribution in [1.82, 2.24) is 0 Å². The maximum absolute atomic E-state index is 12.4. The molecule has 0 aliphatic heterocycles. The molecule has 84 valence electrons. The Morgan fingerprint density at radius 1 is 1.33 bits per heavy atom. The number of methoxy groups -OCH3 is 1. The first kappa shape index (κ1) is 11.9. The zero-order chi connectivity index (χ0) is 11.5. The van der Waals surface area contributed by atoms with Crippen LogP contribution >= 0.6 is 0 Å². The molecule has 0 heterocycles. The lowest BCUT2D eigenvalue weighted by Crippen LogP contribution is -2.35. The van der Waals surface area contributed by atoms with E-state index in [2.05, 4.69) is 0 Å². The van der Waals surface area contributed by atoms with Crippen LogP contribution in [0.2, 0.25) is 0 Å². The summed E-state index contributed by atoms with van der Waals surface area (Å²) < 4.78 is 29.7. The summed E-state index contributed by atoms with van der Waals surface area (Å²) in [7, 11) is 1.53. The second kappa shape index (κ2) is 4.57. The first-order valence-corrected chi connectivity index (χ1v) is 4.59. The number of alkyl halides is 2. The van der Waals surface area contributed by atoms with Crippen LogP contribution in [0.5, 0.6) is 5.75 Å². The van der Waals surface area contributed by atoms with E-state index in [1.165, 1.54) is 7.11 Å². The van der Waals surface area contributed by atoms with E-state index in [-0.39, 0.29) is 6.42 Å². The molecule has 0 fully saturated rings. The molecule has 0 aromatic heterocycles. The Morgan fingerprint density at radius 3 is 2.27 bits per heavy atom. The van der Waals surface area contributed by atoms with Crippen molar-refractivity contribution in [3.8, 4) is 5.75 Å². The molecule has 4 heteroatoms. The van der Waals surface area contributed by atoms with Crippen LogP contribution in [-0.4, -0.2) is 24.2 Å². The summed E-state index contributed by atoms with van der Waals surface area (Å²) in [5.74, 6) is 0.662. The predicted molar refractivity (Wildman–Crippen MR) is 53.3 cm³/mol. The summed E-state index contributed by atoms with van der Waals surface area (Å²) in [6.45, 7) is 1.13. The summed E-state index contributed by atoms with van der Waals surface area (Å²) in [6, 6.07) is 6.68. The number of halogens is 2. The van der Waals surface area contributed by atoms with Gasteiger partial charge in [-0.15, -0.1) is 0 Å². The molecule has 1 N–H and O–H groups in total. The van der Waals surface area contributed by atoms with Crippen LogP contribution in [0.25, 0.3) is 0 Å². The van der Waals surface area contributed by atoms with Gasteiger partial charge in [0.15, 0.2) is 0 Å². The van der Waals surface area contributed by atoms with E-state index >= 15 is 0 Å². The van der Waals surface area contributed by atoms with Gasteiger partial charge in [0.25, 0.3) is 6.43 Å². The van der Waals surface area contributed by atoms with E-state index in [4.69, 9.17) is 4.74 Å². The molecular weight excluding hydrogens is 202 g/mol. The van der Waals surface area contributed by atoms with Crippen LogP contribution in [0, 0.1) is 0 Å². The smallest absolute Gasteiger partial charge is 0.266 e. The van der Waals surface area contributed by atoms with Crippen molar-refractivity contribution in [3.63, 3.8) is 0 Å². The van der Waals surface area contributed by atoms with Gasteiger partial charge in [0, 0.05) is 6.42 Å². The Bertz CT molecular complexity index is 307. The van der Waals surface area contributed by atoms with Gasteiger partial charge in [0.05, 0.1) is 7.11 Å². The molecular formula is C11H14F2O2. The Hall–Kier alpha value is -1.16. The van der Waals surface area contributed by atoms with Gasteiger partial charge in [0.2, 0.25) is 0 Å². The van der Waals surface area contributed by atoms with Crippen molar-refractivity contribution in [2.45, 2.75) is 25.4 Å². The van der Waals surface area contributed by atoms with Crippen molar-refractivity contribution in [2.75, 3.05) is 7.11 Å². The Morgan fingerprint density at radius 2 is 1.87 bits per heavy atom. The average molecular weight is 216 g/mol. The van der Waals surface area contributed by atoms with Crippen molar-refractivity contribution in [3.05, 3.63) is 29.8 Å². The molecule has 0 radical (unpaired) electrons. The van der Waals surface area contributed by atoms with E-state index in [0.29, 0.717) is 11.3 Å². The summed E-state index contributed by atoms with van der Waals surface area (Å²) in [5, 5.41) is 9.39. The minimum absolute atomic E-state index is 0.0747. The van der Waals surface area contributed by atoms with Crippen LogP contribution in [0.1, 0.15) is 12.5 Å². The molecule has 0 bridgehead atoms. The Balaban J connectivity index is 2.73. The standard InChI is InChI=1S/C11H14F2O2/c1-11(14,10(12)13)7-8-3-5-9(15-2)6-4-8/h3-6,10,14H,7H2,1-2H3. The number of hydrogen-bond acceptors (Lipinski definition) is 2. The number of benzene rings is 1. The van der Waals surface area contributed by atoms with Gasteiger partial charge in [-0.25, -0.2) is 8.78 Å². The molecule has 1 unspecified atom stereocenters. The zero-order valence-electron chi connectivity index (χ0n) is 8.71. The maximum Gasteiger partial charge on any atom is 0.266 e. The van der Waals surface area contributed by atoms with E-state index in [9.17, 15) is 13.9 Å². The molecule has 0 spiro atoms. The monoisotopic (exact) mass is 216 g/mol. The number of hydrogen-bond donors (Lipinski definition) is 1. The van der Waals surface area contributed by atoms with Crippen LogP contribution in [0.4, 0.5) is 8.78 Å². The van der Waals surface area contributed by atoms with Gasteiger partial charge in [-0.1, -0.05) is 12.1 Å². The van der Waals surface area contributed by atoms with E-state index in [0.717, 1.165) is 6.92 Å². The van der Waals surface area contributed by atoms with Crippen LogP contribution in [-0.2, 0) is 6.42 Å². The largest absolute Gasteiger partial charge is 0.497 e. The van der Waals surface area contributed by atoms with Crippen LogP contribution in [0.15, 0.2) is 24.3 Å². The van der Waals surface area contributed by atoms with Gasteiger partial charge in [-0.3, -0.25) is 0 Å². The fourth-order valence-corrected chi connectivity index (χ4v) is 1.23. The summed E-state index contributed by atoms with van der Waals surface area (Å²) >= 11 is 0. The normalized spacial score (nSPS) is 15.1. The molecule has 0 amide bonds. The third-order valence-electron chi connectivity index (χ3n) is 2.19. The third-order valence-corrected chi connectivity index (χ3v) is 2.19. The highest BCUT2D eigenvalue weighted by atomic mass is 19.3. The molecule has 1 aromatic carbocycles. The van der Waals surface area contributed by atoms with Gasteiger partial charge in [-0.2, -0.15) is 0 Å². The third kappa shape index (κ3) is 3.16. The average Bonchev–Trinajstić information content (AvgIpc) is 2.18. The SMILES string of the molecule is COc1ccc(CC(C)(O)C(F)F)cc1. The first-order chi connectivity index (χ1) is 6.95. The second-order valence-electron chi connectivity index (χ2n) is 3.68. The quantitative estimate of drug-likeness (QED) is 0.836. The van der Waals surface area contributed by atoms with Gasteiger partial charge < -0.3 is 9.84 Å². The highest BCUT2D eigenvalue weighted by molar-refractivity contribution is 5.28. The van der Waals surface area contributed by atoms with Gasteiger partial charge >= 0.3 is 0 Å². The number of rotatable bonds is 4. The van der Waals surface area contributed by atoms with Gasteiger partial charge in [0.1, 0.15) is 11.4 Å². The highest BCUT2D eigenvalue weighted by Crippen LogP contribution is 2.22. The molecule has 0 saturated carbocycles. The molecule has 1 aromatic rings. The molecule has 2 nitrogen and oxygen atoms in total. The fraction of sp³-hybridized carbons (Fsp3) is 0.455. The fourth-order valence-electron chi connectivity index (χ4n) is 1.23. The minimum Gasteiger partial charge on any atom is -0.497 e. The molecule has 1 atom stereocenters. The molecule has 0 saturated heterocycles. The van der Waals surface area contributed by atoms with Crippen molar-refractivity contribution in [2.24, 2.45) is 0 Å². The summed E-state index contributed by atoms with van der Waals surface area (Å²) in [4.78, 5) is 0. The van der Waals surface area contributed by atoms with Gasteiger partial charge in [-0.05, 0) is 24.6 Å². The predicted octanol–water partition coefficient (Wildman–Crippen LogP) is 2.25. The second-order valence-corrected chi connectivity index (χ2v) is 3.68. The molecule has 0 aliphatic carbocycles. The number of aliphatic hydroxyl groups is 1. The van der Waals surface area contributed by atoms with Crippen molar-refractivity contribution < 1.29 is 18.6 Å². The maximum atomic E-state index is 12.4. The summed E-state index contributed by atoms with van der Waals surface area (Å²) in [6.07, 6.45) is -2.83. The minimum atomic E-state index is -2.75. The van der Waals surface area contributed by atoms with E-state index < -0.39 is 12.0 Å². The first-order valence-electron chi connectivity index (χ1n) is 4.59. The lowest BCUT2D eigenvalue weighted by atomic mass is 9.97. The van der Waals surface area contributed by atoms with E-state index in [1.54, 1.807) is 24.3 Å².